The Balaban J connectivity index is 1.66. The molecule has 1 N–H and O–H groups in total. The van der Waals surface area contributed by atoms with Gasteiger partial charge in [0, 0.05) is 0 Å². The summed E-state index contributed by atoms with van der Waals surface area (Å²) in [4.78, 5) is 33.5. The number of fused-ring (bicyclic) bond motifs is 2. The van der Waals surface area contributed by atoms with Crippen LogP contribution in [0.25, 0.3) is 0 Å². The number of thioether (sulfide) groups is 1. The summed E-state index contributed by atoms with van der Waals surface area (Å²) in [6.07, 6.45) is 4.22. The second kappa shape index (κ2) is 6.48. The molecule has 25 heavy (non-hydrogen) atoms. The van der Waals surface area contributed by atoms with Crippen molar-refractivity contribution in [2.45, 2.75) is 25.7 Å². The van der Waals surface area contributed by atoms with E-state index in [2.05, 4.69) is 9.98 Å². The minimum atomic E-state index is -1.06. The van der Waals surface area contributed by atoms with Crippen LogP contribution < -0.4 is 4.74 Å². The molecule has 4 rings (SSSR count). The van der Waals surface area contributed by atoms with Crippen LogP contribution in [0.4, 0.5) is 0 Å². The van der Waals surface area contributed by atoms with Crippen molar-refractivity contribution in [2.24, 2.45) is 15.9 Å². The molecule has 0 saturated carbocycles. The Bertz CT molecular complexity index is 856. The van der Waals surface area contributed by atoms with E-state index in [0.29, 0.717) is 17.1 Å². The monoisotopic (exact) mass is 356 g/mol. The number of allylic oxidation sites excluding steroid dienone is 1. The molecule has 0 bridgehead atoms. The van der Waals surface area contributed by atoms with Crippen molar-refractivity contribution in [3.8, 4) is 5.75 Å². The molecule has 1 aromatic rings. The molecule has 6 nitrogen and oxygen atoms in total. The van der Waals surface area contributed by atoms with Gasteiger partial charge >= 0.3 is 5.97 Å². The van der Waals surface area contributed by atoms with Gasteiger partial charge in [-0.05, 0) is 48.3 Å². The number of carboxylic acids is 1. The summed E-state index contributed by atoms with van der Waals surface area (Å²) in [5.41, 5.74) is 1.73. The van der Waals surface area contributed by atoms with E-state index in [-0.39, 0.29) is 11.8 Å². The lowest BCUT2D eigenvalue weighted by Gasteiger charge is -2.19. The second-order valence-electron chi connectivity index (χ2n) is 6.09. The predicted octanol–water partition coefficient (Wildman–Crippen LogP) is 3.03. The fourth-order valence-electron chi connectivity index (χ4n) is 3.33. The third-order valence-electron chi connectivity index (χ3n) is 4.44. The predicted molar refractivity (Wildman–Crippen MR) is 95.1 cm³/mol. The smallest absolute Gasteiger partial charge is 0.341 e. The number of hydrogen-bond acceptors (Lipinski definition) is 5. The highest BCUT2D eigenvalue weighted by Crippen LogP contribution is 2.47. The fraction of sp³-hybridized carbons (Fsp3) is 0.333. The maximum absolute atomic E-state index is 12.6. The van der Waals surface area contributed by atoms with Gasteiger partial charge in [-0.1, -0.05) is 23.9 Å². The molecule has 1 aromatic carbocycles. The van der Waals surface area contributed by atoms with E-state index in [1.54, 1.807) is 36.0 Å². The Morgan fingerprint density at radius 1 is 1.24 bits per heavy atom. The van der Waals surface area contributed by atoms with E-state index >= 15 is 0 Å². The third kappa shape index (κ3) is 3.00. The van der Waals surface area contributed by atoms with E-state index in [1.165, 1.54) is 10.5 Å². The zero-order valence-electron chi connectivity index (χ0n) is 13.4. The van der Waals surface area contributed by atoms with Crippen LogP contribution in [0.15, 0.2) is 44.7 Å². The Labute approximate surface area is 148 Å². The summed E-state index contributed by atoms with van der Waals surface area (Å²) < 4.78 is 5.31. The van der Waals surface area contributed by atoms with Crippen LogP contribution in [0, 0.1) is 5.92 Å². The summed E-state index contributed by atoms with van der Waals surface area (Å²) >= 11 is 1.60. The average molecular weight is 356 g/mol. The third-order valence-corrected chi connectivity index (χ3v) is 5.69. The lowest BCUT2D eigenvalue weighted by atomic mass is 9.89. The average Bonchev–Trinajstić information content (AvgIpc) is 2.99. The molecule has 1 aliphatic carbocycles. The van der Waals surface area contributed by atoms with Gasteiger partial charge in [0.25, 0.3) is 5.91 Å². The molecule has 1 atom stereocenters. The highest BCUT2D eigenvalue weighted by molar-refractivity contribution is 8.17. The molecule has 2 heterocycles. The molecule has 1 unspecified atom stereocenters. The van der Waals surface area contributed by atoms with Gasteiger partial charge in [0.05, 0.1) is 10.6 Å². The van der Waals surface area contributed by atoms with Crippen molar-refractivity contribution in [2.75, 3.05) is 6.61 Å². The largest absolute Gasteiger partial charge is 0.481 e. The van der Waals surface area contributed by atoms with Crippen LogP contribution in [0.3, 0.4) is 0 Å². The first-order valence-corrected chi connectivity index (χ1v) is 9.00. The van der Waals surface area contributed by atoms with E-state index in [4.69, 9.17) is 9.84 Å². The highest BCUT2D eigenvalue weighted by atomic mass is 32.2. The number of benzene rings is 1. The number of nitrogens with zero attached hydrogens (tertiary/aromatic N) is 2. The Morgan fingerprint density at radius 3 is 2.88 bits per heavy atom. The van der Waals surface area contributed by atoms with Gasteiger partial charge in [0.2, 0.25) is 0 Å². The minimum absolute atomic E-state index is 0.188. The molecule has 2 aliphatic heterocycles. The van der Waals surface area contributed by atoms with Crippen molar-refractivity contribution < 1.29 is 19.4 Å². The highest BCUT2D eigenvalue weighted by Gasteiger charge is 2.40. The van der Waals surface area contributed by atoms with Crippen LogP contribution in [-0.2, 0) is 9.59 Å². The maximum atomic E-state index is 12.6. The summed E-state index contributed by atoms with van der Waals surface area (Å²) in [5, 5.41) is 9.60. The first-order valence-electron chi connectivity index (χ1n) is 8.18. The van der Waals surface area contributed by atoms with Crippen LogP contribution in [0.2, 0.25) is 0 Å². The number of carbonyl (C=O) groups is 2. The number of carbonyl (C=O) groups excluding carboxylic acids is 1. The summed E-state index contributed by atoms with van der Waals surface area (Å²) in [6, 6.07) is 6.92. The van der Waals surface area contributed by atoms with Crippen LogP contribution >= 0.6 is 11.8 Å². The van der Waals surface area contributed by atoms with E-state index in [1.807, 2.05) is 0 Å². The van der Waals surface area contributed by atoms with Gasteiger partial charge in [-0.2, -0.15) is 4.99 Å². The summed E-state index contributed by atoms with van der Waals surface area (Å²) in [5.74, 6) is -0.904. The standard InChI is InChI=1S/C18H16N2O4S/c21-14(22)9-24-12-7-3-1-5-10(12)16-19-17(23)15-11-6-2-4-8-13(11)25-18(15)20-16/h1,3,5,7,15H,2,4,6,8-9H2,(H,21,22). The minimum Gasteiger partial charge on any atom is -0.481 e. The molecule has 0 aromatic heterocycles. The van der Waals surface area contributed by atoms with Gasteiger partial charge in [-0.15, -0.1) is 0 Å². The molecule has 0 spiro atoms. The molecule has 0 saturated heterocycles. The van der Waals surface area contributed by atoms with Crippen molar-refractivity contribution in [3.05, 3.63) is 40.3 Å². The van der Waals surface area contributed by atoms with Gasteiger partial charge in [0.1, 0.15) is 11.7 Å². The van der Waals surface area contributed by atoms with Crippen molar-refractivity contribution in [1.82, 2.24) is 0 Å². The zero-order valence-corrected chi connectivity index (χ0v) is 14.2. The number of ether oxygens (including phenoxy) is 1. The molecule has 0 fully saturated rings. The summed E-state index contributed by atoms with van der Waals surface area (Å²) in [6.45, 7) is -0.456. The molecule has 128 valence electrons. The zero-order chi connectivity index (χ0) is 17.4. The molecule has 3 aliphatic rings. The van der Waals surface area contributed by atoms with Crippen LogP contribution in [0.1, 0.15) is 31.2 Å². The number of carboxylic acid groups (broad SMARTS) is 1. The van der Waals surface area contributed by atoms with Crippen molar-refractivity contribution in [1.29, 1.82) is 0 Å². The fourth-order valence-corrected chi connectivity index (χ4v) is 4.68. The number of amidine groups is 1. The molecular weight excluding hydrogens is 340 g/mol. The van der Waals surface area contributed by atoms with E-state index < -0.39 is 12.6 Å². The quantitative estimate of drug-likeness (QED) is 0.896. The number of hydrogen-bond donors (Lipinski definition) is 1. The number of aliphatic carboxylic acids is 1. The topological polar surface area (TPSA) is 88.3 Å². The van der Waals surface area contributed by atoms with Gasteiger partial charge in [-0.3, -0.25) is 4.79 Å². The van der Waals surface area contributed by atoms with Gasteiger partial charge in [-0.25, -0.2) is 9.79 Å². The van der Waals surface area contributed by atoms with E-state index in [9.17, 15) is 9.59 Å². The normalized spacial score (nSPS) is 22.1. The van der Waals surface area contributed by atoms with Gasteiger partial charge < -0.3 is 9.84 Å². The summed E-state index contributed by atoms with van der Waals surface area (Å²) in [7, 11) is 0. The number of aliphatic imine (C=N–C) groups is 2. The lowest BCUT2D eigenvalue weighted by molar-refractivity contribution is -0.139. The van der Waals surface area contributed by atoms with Crippen molar-refractivity contribution in [3.63, 3.8) is 0 Å². The van der Waals surface area contributed by atoms with Gasteiger partial charge in [0.15, 0.2) is 12.4 Å². The van der Waals surface area contributed by atoms with Crippen molar-refractivity contribution >= 4 is 34.5 Å². The Hall–Kier alpha value is -2.41. The number of amides is 1. The first kappa shape index (κ1) is 16.1. The van der Waals surface area contributed by atoms with E-state index in [0.717, 1.165) is 30.7 Å². The lowest BCUT2D eigenvalue weighted by Crippen LogP contribution is -2.26. The molecular formula is C18H16N2O4S. The Kier molecular flexibility index (Phi) is 4.17. The van der Waals surface area contributed by atoms with Crippen LogP contribution in [0.5, 0.6) is 5.75 Å². The molecule has 1 amide bonds. The molecule has 7 heteroatoms. The number of para-hydroxylation sites is 1. The number of rotatable bonds is 4. The van der Waals surface area contributed by atoms with Crippen LogP contribution in [-0.4, -0.2) is 34.5 Å². The Morgan fingerprint density at radius 2 is 2.04 bits per heavy atom. The second-order valence-corrected chi connectivity index (χ2v) is 7.21. The SMILES string of the molecule is O=C(O)COc1ccccc1C1=NC(=O)C2C(=N1)SC1=C2CCCC1. The molecule has 0 radical (unpaired) electrons. The first-order chi connectivity index (χ1) is 12.1. The maximum Gasteiger partial charge on any atom is 0.341 e.